The van der Waals surface area contributed by atoms with Gasteiger partial charge in [-0.05, 0) is 31.6 Å². The van der Waals surface area contributed by atoms with Crippen LogP contribution in [-0.4, -0.2) is 35.5 Å². The molecule has 0 aliphatic heterocycles. The molecule has 0 saturated heterocycles. The lowest BCUT2D eigenvalue weighted by Crippen LogP contribution is -2.37. The van der Waals surface area contributed by atoms with Gasteiger partial charge in [0.2, 0.25) is 5.91 Å². The van der Waals surface area contributed by atoms with Gasteiger partial charge in [-0.1, -0.05) is 6.42 Å². The molecule has 1 N–H and O–H groups in total. The van der Waals surface area contributed by atoms with Crippen molar-refractivity contribution in [2.24, 2.45) is 17.8 Å². The summed E-state index contributed by atoms with van der Waals surface area (Å²) in [6.45, 7) is 0.807. The van der Waals surface area contributed by atoms with Crippen molar-refractivity contribution in [1.29, 1.82) is 0 Å². The Kier molecular flexibility index (Phi) is 3.17. The number of rotatable bonds is 4. The topological polar surface area (TPSA) is 57.6 Å². The summed E-state index contributed by atoms with van der Waals surface area (Å²) in [5.74, 6) is -0.832. The number of aliphatic carboxylic acids is 1. The van der Waals surface area contributed by atoms with Gasteiger partial charge in [-0.3, -0.25) is 9.59 Å². The van der Waals surface area contributed by atoms with E-state index in [-0.39, 0.29) is 11.8 Å². The number of carboxylic acid groups (broad SMARTS) is 1. The fraction of sp³-hybridized carbons (Fsp3) is 0.833. The molecule has 0 bridgehead atoms. The molecule has 0 aromatic carbocycles. The van der Waals surface area contributed by atoms with Gasteiger partial charge in [0, 0.05) is 13.6 Å². The van der Waals surface area contributed by atoms with Crippen LogP contribution >= 0.6 is 0 Å². The zero-order chi connectivity index (χ0) is 11.7. The number of amides is 1. The average molecular weight is 225 g/mol. The molecule has 2 unspecified atom stereocenters. The van der Waals surface area contributed by atoms with Crippen LogP contribution in [0.5, 0.6) is 0 Å². The third kappa shape index (κ3) is 2.36. The molecule has 2 aliphatic rings. The molecule has 0 radical (unpaired) electrons. The molecule has 16 heavy (non-hydrogen) atoms. The first-order valence-electron chi connectivity index (χ1n) is 6.07. The van der Waals surface area contributed by atoms with Gasteiger partial charge in [0.1, 0.15) is 0 Å². The largest absolute Gasteiger partial charge is 0.481 e. The molecule has 0 heterocycles. The van der Waals surface area contributed by atoms with Gasteiger partial charge in [0.25, 0.3) is 0 Å². The summed E-state index contributed by atoms with van der Waals surface area (Å²) in [5.41, 5.74) is 0. The molecule has 2 saturated carbocycles. The van der Waals surface area contributed by atoms with Crippen LogP contribution in [0, 0.1) is 17.8 Å². The minimum absolute atomic E-state index is 0.0387. The maximum Gasteiger partial charge on any atom is 0.307 e. The van der Waals surface area contributed by atoms with Crippen molar-refractivity contribution in [2.75, 3.05) is 13.6 Å². The van der Waals surface area contributed by atoms with Crippen molar-refractivity contribution in [3.05, 3.63) is 0 Å². The lowest BCUT2D eigenvalue weighted by molar-refractivity contribution is -0.148. The second-order valence-electron chi connectivity index (χ2n) is 5.14. The Bertz CT molecular complexity index is 299. The number of carbonyl (C=O) groups excluding carboxylic acids is 1. The fourth-order valence-corrected chi connectivity index (χ4v) is 2.61. The van der Waals surface area contributed by atoms with Crippen LogP contribution in [0.3, 0.4) is 0 Å². The molecule has 4 nitrogen and oxygen atoms in total. The highest BCUT2D eigenvalue weighted by Crippen LogP contribution is 2.35. The highest BCUT2D eigenvalue weighted by atomic mass is 16.4. The maximum absolute atomic E-state index is 12.1. The Balaban J connectivity index is 1.93. The van der Waals surface area contributed by atoms with E-state index >= 15 is 0 Å². The van der Waals surface area contributed by atoms with Crippen LogP contribution in [-0.2, 0) is 9.59 Å². The molecular formula is C12H19NO3. The Morgan fingerprint density at radius 3 is 2.38 bits per heavy atom. The first-order chi connectivity index (χ1) is 7.59. The molecule has 0 spiro atoms. The van der Waals surface area contributed by atoms with E-state index in [0.29, 0.717) is 12.3 Å². The van der Waals surface area contributed by atoms with E-state index in [1.165, 1.54) is 12.8 Å². The number of carboxylic acids is 1. The van der Waals surface area contributed by atoms with E-state index in [1.807, 2.05) is 0 Å². The van der Waals surface area contributed by atoms with Crippen molar-refractivity contribution in [1.82, 2.24) is 4.90 Å². The van der Waals surface area contributed by atoms with Gasteiger partial charge < -0.3 is 10.0 Å². The zero-order valence-corrected chi connectivity index (χ0v) is 9.69. The zero-order valence-electron chi connectivity index (χ0n) is 9.69. The molecule has 4 heteroatoms. The summed E-state index contributed by atoms with van der Waals surface area (Å²) in [7, 11) is 1.80. The van der Waals surface area contributed by atoms with Gasteiger partial charge >= 0.3 is 5.97 Å². The van der Waals surface area contributed by atoms with E-state index in [4.69, 9.17) is 5.11 Å². The van der Waals surface area contributed by atoms with Crippen LogP contribution in [0.4, 0.5) is 0 Å². The lowest BCUT2D eigenvalue weighted by atomic mass is 9.95. The van der Waals surface area contributed by atoms with Crippen molar-refractivity contribution in [3.8, 4) is 0 Å². The Hall–Kier alpha value is -1.06. The molecule has 2 aliphatic carbocycles. The van der Waals surface area contributed by atoms with Crippen LogP contribution in [0.15, 0.2) is 0 Å². The second-order valence-corrected chi connectivity index (χ2v) is 5.14. The van der Waals surface area contributed by atoms with Gasteiger partial charge in [0.05, 0.1) is 11.8 Å². The molecule has 0 aromatic rings. The van der Waals surface area contributed by atoms with E-state index < -0.39 is 11.9 Å². The first-order valence-corrected chi connectivity index (χ1v) is 6.07. The first kappa shape index (κ1) is 11.4. The Labute approximate surface area is 95.6 Å². The van der Waals surface area contributed by atoms with E-state index in [0.717, 1.165) is 19.4 Å². The van der Waals surface area contributed by atoms with E-state index in [9.17, 15) is 9.59 Å². The molecule has 2 atom stereocenters. The molecule has 2 fully saturated rings. The lowest BCUT2D eigenvalue weighted by Gasteiger charge is -2.23. The fourth-order valence-electron chi connectivity index (χ4n) is 2.61. The summed E-state index contributed by atoms with van der Waals surface area (Å²) < 4.78 is 0. The Morgan fingerprint density at radius 2 is 1.81 bits per heavy atom. The number of nitrogens with zero attached hydrogens (tertiary/aromatic N) is 1. The van der Waals surface area contributed by atoms with Crippen molar-refractivity contribution < 1.29 is 14.7 Å². The van der Waals surface area contributed by atoms with Crippen LogP contribution in [0.2, 0.25) is 0 Å². The van der Waals surface area contributed by atoms with Crippen LogP contribution < -0.4 is 0 Å². The third-order valence-electron chi connectivity index (χ3n) is 3.76. The molecule has 0 aromatic heterocycles. The van der Waals surface area contributed by atoms with E-state index in [1.54, 1.807) is 11.9 Å². The maximum atomic E-state index is 12.1. The number of hydrogen-bond donors (Lipinski definition) is 1. The molecule has 90 valence electrons. The third-order valence-corrected chi connectivity index (χ3v) is 3.76. The standard InChI is InChI=1S/C12H19NO3/c1-13(7-8-5-6-8)11(14)9-3-2-4-10(9)12(15)16/h8-10H,2-7H2,1H3,(H,15,16). The van der Waals surface area contributed by atoms with Crippen LogP contribution in [0.25, 0.3) is 0 Å². The van der Waals surface area contributed by atoms with Gasteiger partial charge in [0.15, 0.2) is 0 Å². The van der Waals surface area contributed by atoms with Gasteiger partial charge in [-0.15, -0.1) is 0 Å². The normalized spacial score (nSPS) is 29.1. The highest BCUT2D eigenvalue weighted by Gasteiger charge is 2.39. The molecular weight excluding hydrogens is 206 g/mol. The van der Waals surface area contributed by atoms with Gasteiger partial charge in [-0.25, -0.2) is 0 Å². The predicted octanol–water partition coefficient (Wildman–Crippen LogP) is 1.36. The summed E-state index contributed by atoms with van der Waals surface area (Å²) in [6.07, 6.45) is 4.69. The van der Waals surface area contributed by atoms with Crippen molar-refractivity contribution >= 4 is 11.9 Å². The summed E-state index contributed by atoms with van der Waals surface area (Å²) in [4.78, 5) is 24.8. The summed E-state index contributed by atoms with van der Waals surface area (Å²) in [6, 6.07) is 0. The average Bonchev–Trinajstić information content (AvgIpc) is 2.91. The Morgan fingerprint density at radius 1 is 1.19 bits per heavy atom. The smallest absolute Gasteiger partial charge is 0.307 e. The van der Waals surface area contributed by atoms with E-state index in [2.05, 4.69) is 0 Å². The summed E-state index contributed by atoms with van der Waals surface area (Å²) >= 11 is 0. The van der Waals surface area contributed by atoms with Crippen molar-refractivity contribution in [3.63, 3.8) is 0 Å². The summed E-state index contributed by atoms with van der Waals surface area (Å²) in [5, 5.41) is 9.04. The number of hydrogen-bond acceptors (Lipinski definition) is 2. The number of carbonyl (C=O) groups is 2. The quantitative estimate of drug-likeness (QED) is 0.785. The minimum atomic E-state index is -0.810. The minimum Gasteiger partial charge on any atom is -0.481 e. The SMILES string of the molecule is CN(CC1CC1)C(=O)C1CCCC1C(=O)O. The predicted molar refractivity (Wildman–Crippen MR) is 58.8 cm³/mol. The molecule has 2 rings (SSSR count). The van der Waals surface area contributed by atoms with Crippen LogP contribution in [0.1, 0.15) is 32.1 Å². The van der Waals surface area contributed by atoms with Crippen molar-refractivity contribution in [2.45, 2.75) is 32.1 Å². The highest BCUT2D eigenvalue weighted by molar-refractivity contribution is 5.85. The molecule has 1 amide bonds. The van der Waals surface area contributed by atoms with Gasteiger partial charge in [-0.2, -0.15) is 0 Å². The monoisotopic (exact) mass is 225 g/mol. The second kappa shape index (κ2) is 4.44.